The first-order valence-electron chi connectivity index (χ1n) is 44.3. The van der Waals surface area contributed by atoms with E-state index < -0.39 is 221 Å². The number of carbonyl (C=O) groups is 4. The van der Waals surface area contributed by atoms with Crippen LogP contribution >= 0.6 is 0 Å². The van der Waals surface area contributed by atoms with Crippen LogP contribution in [0.4, 0.5) is 96.6 Å². The van der Waals surface area contributed by atoms with Crippen molar-refractivity contribution in [1.29, 1.82) is 0 Å². The summed E-state index contributed by atoms with van der Waals surface area (Å²) >= 11 is 0. The second-order valence-corrected chi connectivity index (χ2v) is 41.9. The Morgan fingerprint density at radius 2 is 0.800 bits per heavy atom. The van der Waals surface area contributed by atoms with E-state index in [9.17, 15) is 149 Å². The number of Topliss-reactive ketones (excluding diaryl/α,β-unsaturated/α-hetero) is 2. The monoisotopic (exact) mass is 2200 g/mol. The van der Waals surface area contributed by atoms with Crippen molar-refractivity contribution in [2.75, 3.05) is 33.3 Å². The Bertz CT molecular complexity index is 7430. The van der Waals surface area contributed by atoms with E-state index in [2.05, 4.69) is 60.7 Å². The van der Waals surface area contributed by atoms with Gasteiger partial charge in [0.1, 0.15) is 83.2 Å². The molecule has 2 amide bonds. The summed E-state index contributed by atoms with van der Waals surface area (Å²) in [5.41, 5.74) is -1.34. The molecule has 8 atom stereocenters. The number of methoxy groups -OCH3 is 1. The standard InChI is InChI=1S/C26H22F6N2O4S.C25H21F6N3O3S.C23H20F5N5O3S.C21H17F5N6O3S/c1-38-25-21(7-9-24(33-25)26(30,31)32)16-10-15(11-18(28)12-16)2-8-23(35)22-13-19(29)14-34(22)39(36,37)20-5-3-17(27)4-6-20;1-24(28)13-21(34(14-24)38(36,37)19-5-3-17(26)4-6-19)22(35)8-2-15-10-16(12-18(27)11-15)20-7-9-23(33-32-20)25(29,30)31;1-13-6-14(7-19(32-13)15-10-30-22(31-11-15)23(26,27)28)9-29-21(34)20-8-17(25)12-33(20)37(35,36)18-4-2-16(24)3-5-18;22-13-1-3-16(4-2-13)36(34,35)32-10-14(23)5-18(32)19(33)27-9-15-6-17(31-11-30-15)12-7-28-20(29-8-12)21(24,25)26/h3-7,9-12,19,22H,2,8,13-14H2,1H3;3-7,9-12,21H,2,8,13-14H2,1H3;2-7,10-11,17,20H,8-9,12H2,1H3,(H,29,34);1-4,6-8,11,14,18H,5,9-10H2,(H,27,33)/t19-,22+;21-,24+;17-,20+;14-,18+/m1011/s1. The lowest BCUT2D eigenvalue weighted by molar-refractivity contribution is -0.145. The molecule has 6 aromatic carbocycles. The van der Waals surface area contributed by atoms with Crippen LogP contribution in [0, 0.1) is 41.8 Å². The lowest BCUT2D eigenvalue weighted by Gasteiger charge is -2.23. The SMILES string of the molecule is COc1nc(C(F)(F)F)ccc1-c1cc(F)cc(CCC(=O)[C@@H]2C[C@@H](F)CN2S(=O)(=O)c2ccc(F)cc2)c1.C[C@@]1(F)C[C@@H](C(=O)CCc2cc(F)cc(-c3ccc(C(F)(F)F)nn3)c2)N(S(=O)(=O)c2ccc(F)cc2)C1.Cc1cc(CNC(=O)[C@@H]2C[C@@H](F)CN2S(=O)(=O)c2ccc(F)cc2)cc(-c2cnc(C(F)(F)F)nc2)n1.O=C(NCc1cc(-c2cnc(C(F)(F)F)nc2)ncn1)[C@@H]1C[C@@H](F)CN1S(=O)(=O)c1ccc(F)cc1. The minimum Gasteiger partial charge on any atom is -0.481 e. The van der Waals surface area contributed by atoms with E-state index in [0.717, 1.165) is 195 Å². The van der Waals surface area contributed by atoms with Gasteiger partial charge in [-0.1, -0.05) is 6.07 Å². The number of carbonyl (C=O) groups excluding carboxylic acids is 4. The average Bonchev–Trinajstić information content (AvgIpc) is 1.61. The Balaban J connectivity index is 0.000000167. The van der Waals surface area contributed by atoms with Crippen molar-refractivity contribution < 1.29 is 154 Å². The van der Waals surface area contributed by atoms with Crippen LogP contribution in [0.1, 0.15) is 96.6 Å². The molecule has 4 fully saturated rings. The number of halogens is 22. The number of hydrogen-bond acceptors (Lipinski definition) is 23. The molecule has 0 aliphatic carbocycles. The van der Waals surface area contributed by atoms with Crippen LogP contribution in [0.25, 0.3) is 44.9 Å². The third kappa shape index (κ3) is 28.0. The molecule has 55 heteroatoms. The molecular weight excluding hydrogens is 2120 g/mol. The molecule has 10 heterocycles. The summed E-state index contributed by atoms with van der Waals surface area (Å²) in [6, 6.07) is 25.8. The number of aromatic nitrogens is 10. The van der Waals surface area contributed by atoms with Gasteiger partial charge in [-0.25, -0.2) is 112 Å². The van der Waals surface area contributed by atoms with Gasteiger partial charge in [-0.05, 0) is 219 Å². The van der Waals surface area contributed by atoms with Crippen molar-refractivity contribution in [3.05, 3.63) is 293 Å². The van der Waals surface area contributed by atoms with Gasteiger partial charge in [-0.2, -0.15) is 69.9 Å². The summed E-state index contributed by atoms with van der Waals surface area (Å²) in [6.45, 7) is 0.357. The Labute approximate surface area is 839 Å². The zero-order valence-corrected chi connectivity index (χ0v) is 80.9. The van der Waals surface area contributed by atoms with Crippen molar-refractivity contribution >= 4 is 63.5 Å². The van der Waals surface area contributed by atoms with E-state index in [0.29, 0.717) is 28.5 Å². The molecule has 12 aromatic rings. The summed E-state index contributed by atoms with van der Waals surface area (Å²) in [6.07, 6.45) is -20.7. The summed E-state index contributed by atoms with van der Waals surface area (Å²) in [5.74, 6) is -9.78. The molecule has 4 saturated heterocycles. The molecule has 0 saturated carbocycles. The number of amides is 2. The van der Waals surface area contributed by atoms with Crippen molar-refractivity contribution in [2.45, 2.75) is 171 Å². The smallest absolute Gasteiger partial charge is 0.451 e. The zero-order valence-electron chi connectivity index (χ0n) is 77.6. The predicted molar refractivity (Wildman–Crippen MR) is 486 cm³/mol. The highest BCUT2D eigenvalue weighted by molar-refractivity contribution is 7.90. The summed E-state index contributed by atoms with van der Waals surface area (Å²) in [4.78, 5) is 79.4. The first-order chi connectivity index (χ1) is 70.2. The van der Waals surface area contributed by atoms with E-state index in [1.165, 1.54) is 31.2 Å². The van der Waals surface area contributed by atoms with Gasteiger partial charge in [0.05, 0.1) is 68.1 Å². The molecule has 29 nitrogen and oxygen atoms in total. The van der Waals surface area contributed by atoms with Gasteiger partial charge in [-0.3, -0.25) is 24.2 Å². The second kappa shape index (κ2) is 45.9. The van der Waals surface area contributed by atoms with Gasteiger partial charge < -0.3 is 15.4 Å². The number of aryl methyl sites for hydroxylation is 3. The van der Waals surface area contributed by atoms with Crippen molar-refractivity contribution in [2.24, 2.45) is 0 Å². The van der Waals surface area contributed by atoms with Crippen LogP contribution in [0.15, 0.2) is 227 Å². The first-order valence-corrected chi connectivity index (χ1v) is 50.0. The van der Waals surface area contributed by atoms with Crippen molar-refractivity contribution in [3.63, 3.8) is 0 Å². The molecule has 0 spiro atoms. The molecule has 0 unspecified atom stereocenters. The molecule has 0 radical (unpaired) electrons. The summed E-state index contributed by atoms with van der Waals surface area (Å²) in [5, 5.41) is 11.7. The van der Waals surface area contributed by atoms with Gasteiger partial charge >= 0.3 is 24.7 Å². The number of pyridine rings is 2. The van der Waals surface area contributed by atoms with Crippen molar-refractivity contribution in [1.82, 2.24) is 77.9 Å². The Hall–Kier alpha value is -13.9. The molecule has 150 heavy (non-hydrogen) atoms. The van der Waals surface area contributed by atoms with Crippen LogP contribution in [0.5, 0.6) is 5.88 Å². The minimum atomic E-state index is -4.71. The quantitative estimate of drug-likeness (QED) is 0.0452. The van der Waals surface area contributed by atoms with E-state index in [1.54, 1.807) is 13.0 Å². The maximum Gasteiger partial charge on any atom is 0.451 e. The highest BCUT2D eigenvalue weighted by Crippen LogP contribution is 2.42. The maximum atomic E-state index is 14.9. The van der Waals surface area contributed by atoms with Crippen LogP contribution < -0.4 is 15.4 Å². The molecule has 4 aliphatic rings. The van der Waals surface area contributed by atoms with Gasteiger partial charge in [-0.15, -0.1) is 10.2 Å². The second-order valence-electron chi connectivity index (χ2n) is 34.4. The fourth-order valence-electron chi connectivity index (χ4n) is 16.2. The van der Waals surface area contributed by atoms with Gasteiger partial charge in [0.15, 0.2) is 17.3 Å². The van der Waals surface area contributed by atoms with Crippen LogP contribution in [0.3, 0.4) is 0 Å². The molecule has 0 bridgehead atoms. The largest absolute Gasteiger partial charge is 0.481 e. The van der Waals surface area contributed by atoms with Crippen molar-refractivity contribution in [3.8, 4) is 50.8 Å². The Morgan fingerprint density at radius 1 is 0.400 bits per heavy atom. The molecule has 16 rings (SSSR count). The molecule has 796 valence electrons. The summed E-state index contributed by atoms with van der Waals surface area (Å²) < 4.78 is 405. The molecule has 2 N–H and O–H groups in total. The highest BCUT2D eigenvalue weighted by atomic mass is 32.2. The molecular formula is C95H80F22N16O13S4. The maximum absolute atomic E-state index is 14.9. The fourth-order valence-corrected chi connectivity index (χ4v) is 22.8. The minimum absolute atomic E-state index is 0.0226. The average molecular weight is 2200 g/mol. The number of nitrogens with one attached hydrogen (secondary N) is 2. The van der Waals surface area contributed by atoms with Crippen LogP contribution in [-0.4, -0.2) is 206 Å². The molecule has 4 aliphatic heterocycles. The highest BCUT2D eigenvalue weighted by Gasteiger charge is 2.52. The predicted octanol–water partition coefficient (Wildman–Crippen LogP) is 16.4. The van der Waals surface area contributed by atoms with Gasteiger partial charge in [0.2, 0.25) is 69.4 Å². The van der Waals surface area contributed by atoms with E-state index in [4.69, 9.17) is 4.74 Å². The van der Waals surface area contributed by atoms with Crippen LogP contribution in [-0.2, 0) is 110 Å². The number of nitrogens with zero attached hydrogens (tertiary/aromatic N) is 14. The van der Waals surface area contributed by atoms with Gasteiger partial charge in [0, 0.05) is 124 Å². The fraction of sp³-hybridized carbons (Fsp3) is 0.305. The third-order valence-corrected chi connectivity index (χ3v) is 30.8. The number of benzene rings is 6. The number of ether oxygens (including phenoxy) is 1. The lowest BCUT2D eigenvalue weighted by Crippen LogP contribution is -2.45. The molecule has 6 aromatic heterocycles. The van der Waals surface area contributed by atoms with Crippen LogP contribution in [0.2, 0.25) is 0 Å². The number of hydrogen-bond donors (Lipinski definition) is 2. The number of alkyl halides is 16. The van der Waals surface area contributed by atoms with E-state index in [1.807, 2.05) is 0 Å². The normalized spacial score (nSPS) is 19.1. The Kier molecular flexibility index (Phi) is 34.7. The number of rotatable bonds is 27. The van der Waals surface area contributed by atoms with E-state index >= 15 is 0 Å². The Morgan fingerprint density at radius 3 is 1.23 bits per heavy atom. The first kappa shape index (κ1) is 113. The van der Waals surface area contributed by atoms with E-state index in [-0.39, 0.29) is 141 Å². The lowest BCUT2D eigenvalue weighted by atomic mass is 9.97. The zero-order chi connectivity index (χ0) is 109. The van der Waals surface area contributed by atoms with Gasteiger partial charge in [0.25, 0.3) is 0 Å². The number of sulfonamides is 4. The topological polar surface area (TPSA) is 380 Å². The third-order valence-electron chi connectivity index (χ3n) is 23.3. The number of ketones is 2. The summed E-state index contributed by atoms with van der Waals surface area (Å²) in [7, 11) is -16.0.